The quantitative estimate of drug-likeness (QED) is 0.589. The van der Waals surface area contributed by atoms with Crippen molar-refractivity contribution in [3.8, 4) is 0 Å². The Morgan fingerprint density at radius 3 is 2.47 bits per heavy atom. The molecule has 1 amide bonds. The summed E-state index contributed by atoms with van der Waals surface area (Å²) in [5, 5.41) is 0. The minimum atomic E-state index is -0.337. The molecule has 0 aromatic heterocycles. The van der Waals surface area contributed by atoms with Crippen LogP contribution in [0.2, 0.25) is 0 Å². The molecule has 4 nitrogen and oxygen atoms in total. The standard InChI is InChI=1S/C14H8BrN3O/c15-10-7-4-8-11-12(10)13(17-16)14(19)18(11)9-5-2-1-3-6-9/h1-8H. The van der Waals surface area contributed by atoms with Crippen molar-refractivity contribution in [3.05, 3.63) is 64.1 Å². The van der Waals surface area contributed by atoms with Crippen LogP contribution in [0.15, 0.2) is 53.0 Å². The molecule has 0 spiro atoms. The molecule has 1 heterocycles. The fourth-order valence-electron chi connectivity index (χ4n) is 2.18. The highest BCUT2D eigenvalue weighted by atomic mass is 79.9. The highest BCUT2D eigenvalue weighted by Gasteiger charge is 2.42. The van der Waals surface area contributed by atoms with Gasteiger partial charge in [0.05, 0.1) is 5.69 Å². The van der Waals surface area contributed by atoms with Crippen LogP contribution in [0.5, 0.6) is 0 Å². The van der Waals surface area contributed by atoms with E-state index >= 15 is 0 Å². The molecule has 0 bridgehead atoms. The van der Waals surface area contributed by atoms with Gasteiger partial charge in [0.25, 0.3) is 0 Å². The first-order valence-electron chi connectivity index (χ1n) is 5.64. The van der Waals surface area contributed by atoms with Crippen molar-refractivity contribution in [1.29, 1.82) is 0 Å². The number of carbonyl (C=O) groups is 1. The highest BCUT2D eigenvalue weighted by Crippen LogP contribution is 2.38. The molecule has 0 saturated carbocycles. The maximum atomic E-state index is 12.4. The molecular weight excluding hydrogens is 306 g/mol. The van der Waals surface area contributed by atoms with Gasteiger partial charge in [-0.1, -0.05) is 24.3 Å². The van der Waals surface area contributed by atoms with Gasteiger partial charge < -0.3 is 5.53 Å². The van der Waals surface area contributed by atoms with E-state index in [9.17, 15) is 4.79 Å². The number of hydrogen-bond acceptors (Lipinski definition) is 1. The number of anilines is 2. The molecule has 0 saturated heterocycles. The zero-order chi connectivity index (χ0) is 13.4. The van der Waals surface area contributed by atoms with Gasteiger partial charge in [-0.15, -0.1) is 0 Å². The van der Waals surface area contributed by atoms with E-state index < -0.39 is 0 Å². The lowest BCUT2D eigenvalue weighted by atomic mass is 10.1. The molecule has 0 unspecified atom stereocenters. The van der Waals surface area contributed by atoms with E-state index in [1.807, 2.05) is 48.5 Å². The van der Waals surface area contributed by atoms with Crippen molar-refractivity contribution in [1.82, 2.24) is 0 Å². The predicted molar refractivity (Wildman–Crippen MR) is 75.5 cm³/mol. The minimum absolute atomic E-state index is 0.0475. The summed E-state index contributed by atoms with van der Waals surface area (Å²) >= 11 is 3.39. The van der Waals surface area contributed by atoms with Crippen molar-refractivity contribution < 1.29 is 9.58 Å². The van der Waals surface area contributed by atoms with Gasteiger partial charge in [-0.05, 0) is 40.2 Å². The first-order valence-corrected chi connectivity index (χ1v) is 6.44. The summed E-state index contributed by atoms with van der Waals surface area (Å²) < 4.78 is 0.726. The van der Waals surface area contributed by atoms with Gasteiger partial charge in [-0.2, -0.15) is 4.79 Å². The van der Waals surface area contributed by atoms with Crippen molar-refractivity contribution in [2.45, 2.75) is 0 Å². The van der Waals surface area contributed by atoms with Gasteiger partial charge in [-0.25, -0.2) is 0 Å². The fourth-order valence-corrected chi connectivity index (χ4v) is 2.73. The summed E-state index contributed by atoms with van der Waals surface area (Å²) in [6, 6.07) is 14.7. The van der Waals surface area contributed by atoms with Gasteiger partial charge in [-0.3, -0.25) is 9.69 Å². The van der Waals surface area contributed by atoms with Crippen LogP contribution < -0.4 is 4.90 Å². The lowest BCUT2D eigenvalue weighted by Crippen LogP contribution is -2.25. The van der Waals surface area contributed by atoms with Crippen LogP contribution in [0.25, 0.3) is 5.53 Å². The number of halogens is 1. The Morgan fingerprint density at radius 1 is 1.05 bits per heavy atom. The molecule has 5 heteroatoms. The Morgan fingerprint density at radius 2 is 1.79 bits per heavy atom. The Balaban J connectivity index is 2.28. The first kappa shape index (κ1) is 11.8. The summed E-state index contributed by atoms with van der Waals surface area (Å²) in [4.78, 5) is 17.0. The Kier molecular flexibility index (Phi) is 2.78. The summed E-state index contributed by atoms with van der Waals surface area (Å²) in [7, 11) is 0. The number of benzene rings is 2. The number of hydrogen-bond donors (Lipinski definition) is 0. The van der Waals surface area contributed by atoms with Gasteiger partial charge in [0, 0.05) is 10.2 Å². The largest absolute Gasteiger partial charge is 0.390 e. The van der Waals surface area contributed by atoms with Crippen LogP contribution >= 0.6 is 15.9 Å². The third-order valence-electron chi connectivity index (χ3n) is 2.99. The molecule has 92 valence electrons. The molecule has 1 aliphatic rings. The molecule has 0 N–H and O–H groups in total. The maximum Gasteiger partial charge on any atom is 0.390 e. The zero-order valence-corrected chi connectivity index (χ0v) is 11.3. The summed E-state index contributed by atoms with van der Waals surface area (Å²) in [6.45, 7) is 0. The van der Waals surface area contributed by atoms with Crippen LogP contribution in [0.4, 0.5) is 11.4 Å². The van der Waals surface area contributed by atoms with Crippen LogP contribution in [0, 0.1) is 0 Å². The molecule has 3 rings (SSSR count). The Bertz CT molecular complexity index is 721. The number of para-hydroxylation sites is 1. The molecule has 1 aliphatic heterocycles. The molecule has 2 aromatic carbocycles. The number of carbonyl (C=O) groups excluding carboxylic acids is 1. The van der Waals surface area contributed by atoms with Crippen LogP contribution in [0.1, 0.15) is 5.56 Å². The summed E-state index contributed by atoms with van der Waals surface area (Å²) in [5.41, 5.74) is 11.2. The topological polar surface area (TPSA) is 56.7 Å². The first-order chi connectivity index (χ1) is 9.24. The van der Waals surface area contributed by atoms with E-state index in [-0.39, 0.29) is 11.6 Å². The average Bonchev–Trinajstić information content (AvgIpc) is 2.73. The third-order valence-corrected chi connectivity index (χ3v) is 3.65. The predicted octanol–water partition coefficient (Wildman–Crippen LogP) is 3.15. The van der Waals surface area contributed by atoms with Crippen LogP contribution in [-0.4, -0.2) is 16.4 Å². The van der Waals surface area contributed by atoms with Crippen molar-refractivity contribution in [3.63, 3.8) is 0 Å². The second kappa shape index (κ2) is 4.46. The summed E-state index contributed by atoms with van der Waals surface area (Å²) in [6.07, 6.45) is 0. The van der Waals surface area contributed by atoms with Gasteiger partial charge >= 0.3 is 11.6 Å². The number of amides is 1. The van der Waals surface area contributed by atoms with Gasteiger partial charge in [0.2, 0.25) is 0 Å². The van der Waals surface area contributed by atoms with Gasteiger partial charge in [0.1, 0.15) is 5.56 Å². The Hall–Kier alpha value is -2.23. The normalized spacial score (nSPS) is 13.4. The third kappa shape index (κ3) is 1.71. The number of rotatable bonds is 1. The molecule has 0 aliphatic carbocycles. The van der Waals surface area contributed by atoms with Crippen LogP contribution in [-0.2, 0) is 4.79 Å². The van der Waals surface area contributed by atoms with Crippen molar-refractivity contribution in [2.75, 3.05) is 4.90 Å². The average molecular weight is 314 g/mol. The monoisotopic (exact) mass is 313 g/mol. The van der Waals surface area contributed by atoms with E-state index in [0.29, 0.717) is 11.3 Å². The SMILES string of the molecule is [N-]=[N+]=C1C(=O)N(c2ccccc2)c2cccc(Br)c21. The van der Waals surface area contributed by atoms with Gasteiger partial charge in [0.15, 0.2) is 0 Å². The zero-order valence-electron chi connectivity index (χ0n) is 9.75. The fraction of sp³-hybridized carbons (Fsp3) is 0. The molecule has 19 heavy (non-hydrogen) atoms. The van der Waals surface area contributed by atoms with Crippen molar-refractivity contribution in [2.24, 2.45) is 0 Å². The maximum absolute atomic E-state index is 12.4. The lowest BCUT2D eigenvalue weighted by molar-refractivity contribution is -0.115. The minimum Gasteiger partial charge on any atom is -0.361 e. The smallest absolute Gasteiger partial charge is 0.361 e. The highest BCUT2D eigenvalue weighted by molar-refractivity contribution is 9.10. The molecule has 2 aromatic rings. The molecular formula is C14H8BrN3O. The van der Waals surface area contributed by atoms with Crippen LogP contribution in [0.3, 0.4) is 0 Å². The second-order valence-electron chi connectivity index (χ2n) is 4.06. The number of nitrogens with zero attached hydrogens (tertiary/aromatic N) is 3. The second-order valence-corrected chi connectivity index (χ2v) is 4.91. The lowest BCUT2D eigenvalue weighted by Gasteiger charge is -2.15. The van der Waals surface area contributed by atoms with E-state index in [2.05, 4.69) is 20.7 Å². The molecule has 0 atom stereocenters. The van der Waals surface area contributed by atoms with E-state index in [1.165, 1.54) is 4.90 Å². The van der Waals surface area contributed by atoms with Crippen molar-refractivity contribution >= 4 is 38.9 Å². The molecule has 0 radical (unpaired) electrons. The summed E-state index contributed by atoms with van der Waals surface area (Å²) in [5.74, 6) is -0.337. The van der Waals surface area contributed by atoms with E-state index in [1.54, 1.807) is 0 Å². The van der Waals surface area contributed by atoms with E-state index in [4.69, 9.17) is 5.53 Å². The Labute approximate surface area is 118 Å². The van der Waals surface area contributed by atoms with E-state index in [0.717, 1.165) is 10.2 Å². The molecule has 0 fully saturated rings. The number of fused-ring (bicyclic) bond motifs is 1.